The van der Waals surface area contributed by atoms with Crippen LogP contribution in [0.1, 0.15) is 126 Å². The second-order valence-corrected chi connectivity index (χ2v) is 22.1. The van der Waals surface area contributed by atoms with Crippen molar-refractivity contribution in [2.75, 3.05) is 52.4 Å². The van der Waals surface area contributed by atoms with Gasteiger partial charge in [-0.15, -0.1) is 0 Å². The lowest BCUT2D eigenvalue weighted by molar-refractivity contribution is -0.250. The number of hydrogen-bond acceptors (Lipinski definition) is 7. The molecule has 52 heavy (non-hydrogen) atoms. The molecule has 4 heterocycles. The molecule has 4 saturated heterocycles. The summed E-state index contributed by atoms with van der Waals surface area (Å²) in [6.07, 6.45) is 14.3. The molecule has 0 aromatic heterocycles. The van der Waals surface area contributed by atoms with Crippen LogP contribution in [0.15, 0.2) is 0 Å². The van der Waals surface area contributed by atoms with Crippen LogP contribution in [0.3, 0.4) is 0 Å². The van der Waals surface area contributed by atoms with Gasteiger partial charge in [0.2, 0.25) is 0 Å². The van der Waals surface area contributed by atoms with Crippen molar-refractivity contribution >= 4 is 6.09 Å². The first-order chi connectivity index (χ1) is 24.6. The molecule has 4 aliphatic heterocycles. The molecule has 0 aromatic carbocycles. The molecule has 5 saturated carbocycles. The average Bonchev–Trinajstić information content (AvgIpc) is 3.61. The summed E-state index contributed by atoms with van der Waals surface area (Å²) in [7, 11) is 0. The Balaban J connectivity index is 0.839. The van der Waals surface area contributed by atoms with E-state index in [1.54, 1.807) is 0 Å². The van der Waals surface area contributed by atoms with E-state index >= 15 is 0 Å². The lowest BCUT2D eigenvalue weighted by Gasteiger charge is -2.60. The quantitative estimate of drug-likeness (QED) is 0.265. The van der Waals surface area contributed by atoms with E-state index in [1.807, 2.05) is 4.90 Å². The number of hydrogen-bond donors (Lipinski definition) is 0. The van der Waals surface area contributed by atoms with Gasteiger partial charge in [-0.3, -0.25) is 9.80 Å². The molecule has 5 aliphatic carbocycles. The maximum absolute atomic E-state index is 12.9. The molecule has 8 heteroatoms. The van der Waals surface area contributed by atoms with Gasteiger partial charge in [-0.25, -0.2) is 4.79 Å². The highest BCUT2D eigenvalue weighted by atomic mass is 16.7. The number of ether oxygens (including phenoxy) is 4. The summed E-state index contributed by atoms with van der Waals surface area (Å²) in [5.74, 6) is 3.25. The van der Waals surface area contributed by atoms with Gasteiger partial charge in [-0.2, -0.15) is 0 Å². The number of rotatable bonds is 7. The van der Waals surface area contributed by atoms with Gasteiger partial charge in [-0.1, -0.05) is 55.4 Å². The number of morpholine rings is 1. The molecule has 0 bridgehead atoms. The number of amides is 1. The van der Waals surface area contributed by atoms with Crippen LogP contribution in [0.4, 0.5) is 4.79 Å². The first-order valence-corrected chi connectivity index (χ1v) is 22.0. The summed E-state index contributed by atoms with van der Waals surface area (Å²) in [5, 5.41) is 0. The van der Waals surface area contributed by atoms with Crippen LogP contribution >= 0.6 is 0 Å². The maximum atomic E-state index is 12.9. The zero-order valence-corrected chi connectivity index (χ0v) is 34.2. The summed E-state index contributed by atoms with van der Waals surface area (Å²) in [6, 6.07) is 0.651. The smallest absolute Gasteiger partial charge is 0.410 e. The Morgan fingerprint density at radius 1 is 0.885 bits per heavy atom. The zero-order valence-electron chi connectivity index (χ0n) is 34.2. The fourth-order valence-corrected chi connectivity index (χ4v) is 14.9. The number of carbonyl (C=O) groups is 1. The predicted molar refractivity (Wildman–Crippen MR) is 203 cm³/mol. The van der Waals surface area contributed by atoms with Gasteiger partial charge in [-0.05, 0) is 127 Å². The Bertz CT molecular complexity index is 1360. The van der Waals surface area contributed by atoms with E-state index in [1.165, 1.54) is 77.4 Å². The van der Waals surface area contributed by atoms with Gasteiger partial charge >= 0.3 is 6.09 Å². The Morgan fingerprint density at radius 3 is 2.37 bits per heavy atom. The molecular formula is C44H73N3O5. The third kappa shape index (κ3) is 5.78. The third-order valence-electron chi connectivity index (χ3n) is 17.5. The van der Waals surface area contributed by atoms with Gasteiger partial charge in [0.1, 0.15) is 6.10 Å². The van der Waals surface area contributed by atoms with Crippen molar-refractivity contribution < 1.29 is 23.7 Å². The maximum Gasteiger partial charge on any atom is 0.410 e. The van der Waals surface area contributed by atoms with E-state index in [9.17, 15) is 4.79 Å². The van der Waals surface area contributed by atoms with Crippen LogP contribution in [0.25, 0.3) is 0 Å². The van der Waals surface area contributed by atoms with Crippen molar-refractivity contribution in [1.82, 2.24) is 14.7 Å². The lowest BCUT2D eigenvalue weighted by atomic mass is 9.46. The second kappa shape index (κ2) is 12.8. The van der Waals surface area contributed by atoms with Gasteiger partial charge in [0.05, 0.1) is 24.9 Å². The molecule has 1 amide bonds. The molecule has 0 aromatic rings. The van der Waals surface area contributed by atoms with E-state index in [0.717, 1.165) is 63.4 Å². The Morgan fingerprint density at radius 2 is 1.65 bits per heavy atom. The summed E-state index contributed by atoms with van der Waals surface area (Å²) in [5.41, 5.74) is 1.95. The lowest BCUT2D eigenvalue weighted by Crippen LogP contribution is -2.64. The van der Waals surface area contributed by atoms with Crippen molar-refractivity contribution in [1.29, 1.82) is 0 Å². The largest absolute Gasteiger partial charge is 0.443 e. The van der Waals surface area contributed by atoms with Crippen LogP contribution in [0, 0.1) is 56.7 Å². The van der Waals surface area contributed by atoms with E-state index in [4.69, 9.17) is 18.9 Å². The van der Waals surface area contributed by atoms with Crippen molar-refractivity contribution in [3.8, 4) is 0 Å². The van der Waals surface area contributed by atoms with Gasteiger partial charge in [0, 0.05) is 51.9 Å². The Kier molecular flexibility index (Phi) is 9.03. The van der Waals surface area contributed by atoms with E-state index in [-0.39, 0.29) is 42.0 Å². The highest BCUT2D eigenvalue weighted by Gasteiger charge is 2.80. The first-order valence-electron chi connectivity index (χ1n) is 22.0. The topological polar surface area (TPSA) is 63.7 Å². The standard InChI is InChI=1S/C44H73N3O5/c1-28(2)38(52-39(48)46-18-9-19-46)33-12-10-31-34(50-33)22-32-30-11-13-35-41(6,7)36(14-15-44(35)26-43(30,44)17-16-42(31,32)8)51-37-25-47(20-21-49-37)29-23-45(24-29)27-40(3,4)5/h28-38H,9-27H2,1-8H3/t30?,31?,32?,33?,34?,35?,36-,37?,38+,42?,43-,44?/m0/s1. The van der Waals surface area contributed by atoms with Crippen molar-refractivity contribution in [2.24, 2.45) is 56.7 Å². The number of fused-ring (bicyclic) bond motifs is 4. The summed E-state index contributed by atoms with van der Waals surface area (Å²) in [4.78, 5) is 20.0. The van der Waals surface area contributed by atoms with Gasteiger partial charge < -0.3 is 23.8 Å². The second-order valence-electron chi connectivity index (χ2n) is 22.1. The van der Waals surface area contributed by atoms with E-state index < -0.39 is 0 Å². The fourth-order valence-electron chi connectivity index (χ4n) is 14.9. The molecule has 294 valence electrons. The summed E-state index contributed by atoms with van der Waals surface area (Å²) >= 11 is 0. The molecule has 9 aliphatic rings. The van der Waals surface area contributed by atoms with Crippen molar-refractivity contribution in [2.45, 2.75) is 163 Å². The normalized spacial score (nSPS) is 46.5. The molecule has 12 atom stereocenters. The van der Waals surface area contributed by atoms with E-state index in [2.05, 4.69) is 65.2 Å². The Hall–Kier alpha value is -0.930. The number of nitrogens with zero attached hydrogens (tertiary/aromatic N) is 3. The number of likely N-dealkylation sites (tertiary alicyclic amines) is 2. The molecule has 9 rings (SSSR count). The molecule has 8 nitrogen and oxygen atoms in total. The summed E-state index contributed by atoms with van der Waals surface area (Å²) < 4.78 is 26.7. The summed E-state index contributed by atoms with van der Waals surface area (Å²) in [6.45, 7) is 27.2. The van der Waals surface area contributed by atoms with Crippen molar-refractivity contribution in [3.05, 3.63) is 0 Å². The molecule has 9 fully saturated rings. The van der Waals surface area contributed by atoms with Crippen LogP contribution in [-0.4, -0.2) is 110 Å². The average molecular weight is 724 g/mol. The molecule has 9 unspecified atom stereocenters. The zero-order chi connectivity index (χ0) is 36.4. The third-order valence-corrected chi connectivity index (χ3v) is 17.5. The SMILES string of the molecule is CC(C)[C@@H](OC(=O)N1CCC1)C1CCC2C(CC3C4CCC5C(C)(C)[C@@H](OC6CN(C7CN(CC(C)(C)C)C7)CCO6)CCC56C[C@@]46CCC23C)O1. The molecule has 0 N–H and O–H groups in total. The predicted octanol–water partition coefficient (Wildman–Crippen LogP) is 7.83. The highest BCUT2D eigenvalue weighted by Crippen LogP contribution is 2.87. The van der Waals surface area contributed by atoms with Crippen LogP contribution in [0.5, 0.6) is 0 Å². The van der Waals surface area contributed by atoms with E-state index in [0.29, 0.717) is 39.7 Å². The van der Waals surface area contributed by atoms with Gasteiger partial charge in [0.15, 0.2) is 6.29 Å². The highest BCUT2D eigenvalue weighted by molar-refractivity contribution is 5.68. The minimum Gasteiger partial charge on any atom is -0.443 e. The van der Waals surface area contributed by atoms with Gasteiger partial charge in [0.25, 0.3) is 0 Å². The minimum atomic E-state index is -0.151. The van der Waals surface area contributed by atoms with Crippen LogP contribution < -0.4 is 0 Å². The van der Waals surface area contributed by atoms with Crippen LogP contribution in [0.2, 0.25) is 0 Å². The molecular weight excluding hydrogens is 651 g/mol. The first kappa shape index (κ1) is 36.7. The molecule has 2 spiro atoms. The monoisotopic (exact) mass is 724 g/mol. The van der Waals surface area contributed by atoms with Crippen LogP contribution in [-0.2, 0) is 18.9 Å². The fraction of sp³-hybridized carbons (Fsp3) is 0.977. The minimum absolute atomic E-state index is 0.0281. The molecule has 0 radical (unpaired) electrons. The van der Waals surface area contributed by atoms with Crippen molar-refractivity contribution in [3.63, 3.8) is 0 Å². The number of carbonyl (C=O) groups excluding carboxylic acids is 1. The Labute approximate surface area is 315 Å².